The minimum Gasteiger partial charge on any atom is -0.466 e. The van der Waals surface area contributed by atoms with Crippen molar-refractivity contribution in [1.29, 1.82) is 0 Å². The van der Waals surface area contributed by atoms with Gasteiger partial charge in [0.05, 0.1) is 19.4 Å². The summed E-state index contributed by atoms with van der Waals surface area (Å²) < 4.78 is 6.99. The molecule has 0 saturated carbocycles. The Morgan fingerprint density at radius 2 is 1.89 bits per heavy atom. The van der Waals surface area contributed by atoms with E-state index in [1.165, 1.54) is 11.1 Å². The van der Waals surface area contributed by atoms with Gasteiger partial charge in [-0.2, -0.15) is 0 Å². The van der Waals surface area contributed by atoms with E-state index in [0.717, 1.165) is 25.8 Å². The SMILES string of the molecule is CCOC(=O)CCN(CCCn1ccnc1)C(=O)CCCc1ccc(C)cc1. The summed E-state index contributed by atoms with van der Waals surface area (Å²) in [5.41, 5.74) is 2.49. The number of nitrogens with zero attached hydrogens (tertiary/aromatic N) is 3. The minimum atomic E-state index is -0.255. The third-order valence-corrected chi connectivity index (χ3v) is 4.62. The van der Waals surface area contributed by atoms with Gasteiger partial charge in [-0.25, -0.2) is 4.98 Å². The third kappa shape index (κ3) is 7.94. The maximum absolute atomic E-state index is 12.7. The number of esters is 1. The second kappa shape index (κ2) is 12.0. The summed E-state index contributed by atoms with van der Waals surface area (Å²) in [5.74, 6) is -0.156. The Hall–Kier alpha value is -2.63. The van der Waals surface area contributed by atoms with Gasteiger partial charge in [0.2, 0.25) is 5.91 Å². The zero-order chi connectivity index (χ0) is 20.2. The Kier molecular flexibility index (Phi) is 9.25. The van der Waals surface area contributed by atoms with E-state index < -0.39 is 0 Å². The van der Waals surface area contributed by atoms with Crippen LogP contribution in [0.4, 0.5) is 0 Å². The first kappa shape index (κ1) is 21.7. The van der Waals surface area contributed by atoms with E-state index >= 15 is 0 Å². The number of hydrogen-bond acceptors (Lipinski definition) is 4. The number of hydrogen-bond donors (Lipinski definition) is 0. The van der Waals surface area contributed by atoms with Crippen molar-refractivity contribution in [3.63, 3.8) is 0 Å². The lowest BCUT2D eigenvalue weighted by molar-refractivity contribution is -0.144. The number of aryl methyl sites for hydroxylation is 3. The Morgan fingerprint density at radius 1 is 1.11 bits per heavy atom. The van der Waals surface area contributed by atoms with E-state index in [1.807, 2.05) is 10.8 Å². The van der Waals surface area contributed by atoms with E-state index in [0.29, 0.717) is 26.1 Å². The summed E-state index contributed by atoms with van der Waals surface area (Å²) in [7, 11) is 0. The Morgan fingerprint density at radius 3 is 2.57 bits per heavy atom. The number of benzene rings is 1. The lowest BCUT2D eigenvalue weighted by Gasteiger charge is -2.22. The molecule has 0 N–H and O–H groups in total. The smallest absolute Gasteiger partial charge is 0.307 e. The molecule has 0 unspecified atom stereocenters. The van der Waals surface area contributed by atoms with Gasteiger partial charge in [0.1, 0.15) is 0 Å². The molecular weight excluding hydrogens is 354 g/mol. The van der Waals surface area contributed by atoms with Gasteiger partial charge in [-0.3, -0.25) is 9.59 Å². The van der Waals surface area contributed by atoms with Crippen LogP contribution in [0.3, 0.4) is 0 Å². The van der Waals surface area contributed by atoms with Crippen LogP contribution in [0.5, 0.6) is 0 Å². The second-order valence-electron chi connectivity index (χ2n) is 6.93. The van der Waals surface area contributed by atoms with Crippen molar-refractivity contribution in [2.24, 2.45) is 0 Å². The van der Waals surface area contributed by atoms with Gasteiger partial charge in [0.25, 0.3) is 0 Å². The summed E-state index contributed by atoms with van der Waals surface area (Å²) in [4.78, 5) is 30.2. The van der Waals surface area contributed by atoms with E-state index in [1.54, 1.807) is 24.3 Å². The van der Waals surface area contributed by atoms with Crippen LogP contribution in [-0.2, 0) is 27.3 Å². The molecule has 0 radical (unpaired) electrons. The molecule has 1 aromatic heterocycles. The average molecular weight is 386 g/mol. The van der Waals surface area contributed by atoms with Crippen LogP contribution in [0.1, 0.15) is 43.7 Å². The van der Waals surface area contributed by atoms with Crippen LogP contribution < -0.4 is 0 Å². The maximum atomic E-state index is 12.7. The molecule has 1 heterocycles. The van der Waals surface area contributed by atoms with Crippen LogP contribution in [0.2, 0.25) is 0 Å². The summed E-state index contributed by atoms with van der Waals surface area (Å²) in [6.07, 6.45) is 8.66. The molecule has 0 aliphatic heterocycles. The van der Waals surface area contributed by atoms with Gasteiger partial charge in [-0.1, -0.05) is 29.8 Å². The van der Waals surface area contributed by atoms with Crippen LogP contribution in [0.15, 0.2) is 43.0 Å². The number of carbonyl (C=O) groups is 2. The molecule has 6 heteroatoms. The van der Waals surface area contributed by atoms with Gasteiger partial charge in [0.15, 0.2) is 0 Å². The zero-order valence-electron chi connectivity index (χ0n) is 17.0. The Bertz CT molecular complexity index is 711. The fourth-order valence-electron chi connectivity index (χ4n) is 3.04. The highest BCUT2D eigenvalue weighted by Gasteiger charge is 2.15. The molecule has 0 atom stereocenters. The molecule has 152 valence electrons. The summed E-state index contributed by atoms with van der Waals surface area (Å²) in [6, 6.07) is 8.42. The first-order valence-electron chi connectivity index (χ1n) is 10.0. The minimum absolute atomic E-state index is 0.0991. The van der Waals surface area contributed by atoms with Crippen molar-refractivity contribution >= 4 is 11.9 Å². The third-order valence-electron chi connectivity index (χ3n) is 4.62. The van der Waals surface area contributed by atoms with Gasteiger partial charge in [-0.05, 0) is 38.7 Å². The van der Waals surface area contributed by atoms with Crippen molar-refractivity contribution in [2.75, 3.05) is 19.7 Å². The van der Waals surface area contributed by atoms with Crippen molar-refractivity contribution < 1.29 is 14.3 Å². The Balaban J connectivity index is 1.81. The van der Waals surface area contributed by atoms with E-state index in [-0.39, 0.29) is 18.3 Å². The molecule has 0 aliphatic carbocycles. The molecule has 0 aliphatic rings. The van der Waals surface area contributed by atoms with Gasteiger partial charge < -0.3 is 14.2 Å². The monoisotopic (exact) mass is 385 g/mol. The van der Waals surface area contributed by atoms with Gasteiger partial charge in [0, 0.05) is 38.4 Å². The van der Waals surface area contributed by atoms with Crippen molar-refractivity contribution in [3.05, 3.63) is 54.1 Å². The molecule has 2 aromatic rings. The molecule has 1 aromatic carbocycles. The molecule has 1 amide bonds. The van der Waals surface area contributed by atoms with Crippen LogP contribution >= 0.6 is 0 Å². The lowest BCUT2D eigenvalue weighted by atomic mass is 10.1. The van der Waals surface area contributed by atoms with Crippen LogP contribution in [0.25, 0.3) is 0 Å². The molecule has 6 nitrogen and oxygen atoms in total. The normalized spacial score (nSPS) is 10.6. The molecular formula is C22H31N3O3. The first-order chi connectivity index (χ1) is 13.6. The lowest BCUT2D eigenvalue weighted by Crippen LogP contribution is -2.34. The number of aromatic nitrogens is 2. The highest BCUT2D eigenvalue weighted by atomic mass is 16.5. The number of imidazole rings is 1. The Labute approximate surface area is 167 Å². The summed E-state index contributed by atoms with van der Waals surface area (Å²) in [5, 5.41) is 0. The molecule has 0 saturated heterocycles. The van der Waals surface area contributed by atoms with E-state index in [9.17, 15) is 9.59 Å². The van der Waals surface area contributed by atoms with Crippen molar-refractivity contribution in [2.45, 2.75) is 52.5 Å². The van der Waals surface area contributed by atoms with Gasteiger partial charge in [-0.15, -0.1) is 0 Å². The van der Waals surface area contributed by atoms with Gasteiger partial charge >= 0.3 is 5.97 Å². The average Bonchev–Trinajstić information content (AvgIpc) is 3.19. The van der Waals surface area contributed by atoms with Crippen LogP contribution in [0, 0.1) is 6.92 Å². The largest absolute Gasteiger partial charge is 0.466 e. The van der Waals surface area contributed by atoms with E-state index in [2.05, 4.69) is 36.2 Å². The number of amides is 1. The molecule has 0 spiro atoms. The fourth-order valence-corrected chi connectivity index (χ4v) is 3.04. The maximum Gasteiger partial charge on any atom is 0.307 e. The fraction of sp³-hybridized carbons (Fsp3) is 0.500. The second-order valence-corrected chi connectivity index (χ2v) is 6.93. The highest BCUT2D eigenvalue weighted by Crippen LogP contribution is 2.09. The molecule has 0 bridgehead atoms. The quantitative estimate of drug-likeness (QED) is 0.526. The standard InChI is InChI=1S/C22H31N3O3/c1-3-28-22(27)12-16-25(15-5-14-24-17-13-23-18-24)21(26)7-4-6-20-10-8-19(2)9-11-20/h8-11,13,17-18H,3-7,12,14-16H2,1-2H3. The molecule has 28 heavy (non-hydrogen) atoms. The topological polar surface area (TPSA) is 64.4 Å². The van der Waals surface area contributed by atoms with Crippen molar-refractivity contribution in [1.82, 2.24) is 14.5 Å². The number of ether oxygens (including phenoxy) is 1. The predicted octanol–water partition coefficient (Wildman–Crippen LogP) is 3.39. The summed E-state index contributed by atoms with van der Waals surface area (Å²) in [6.45, 7) is 6.05. The zero-order valence-corrected chi connectivity index (χ0v) is 17.0. The first-order valence-corrected chi connectivity index (χ1v) is 10.0. The number of rotatable bonds is 12. The highest BCUT2D eigenvalue weighted by molar-refractivity contribution is 5.77. The summed E-state index contributed by atoms with van der Waals surface area (Å²) >= 11 is 0. The van der Waals surface area contributed by atoms with Crippen LogP contribution in [-0.4, -0.2) is 46.0 Å². The predicted molar refractivity (Wildman–Crippen MR) is 109 cm³/mol. The van der Waals surface area contributed by atoms with E-state index in [4.69, 9.17) is 4.74 Å². The molecule has 0 fully saturated rings. The molecule has 2 rings (SSSR count). The van der Waals surface area contributed by atoms with Crippen molar-refractivity contribution in [3.8, 4) is 0 Å². The number of carbonyl (C=O) groups excluding carboxylic acids is 2.